The van der Waals surface area contributed by atoms with Crippen LogP contribution in [0, 0.1) is 11.8 Å². The number of morpholine rings is 1. The Labute approximate surface area is 163 Å². The fourth-order valence-corrected chi connectivity index (χ4v) is 5.40. The molecule has 2 N–H and O–H groups in total. The van der Waals surface area contributed by atoms with Crippen molar-refractivity contribution in [2.45, 2.75) is 70.3 Å². The van der Waals surface area contributed by atoms with Crippen LogP contribution in [0.2, 0.25) is 0 Å². The molecule has 0 radical (unpaired) electrons. The molecule has 0 bridgehead atoms. The lowest BCUT2D eigenvalue weighted by Gasteiger charge is -2.43. The number of nitrogens with one attached hydrogen (secondary N) is 2. The van der Waals surface area contributed by atoms with Gasteiger partial charge in [-0.25, -0.2) is 0 Å². The van der Waals surface area contributed by atoms with Crippen molar-refractivity contribution in [2.75, 3.05) is 39.4 Å². The van der Waals surface area contributed by atoms with Gasteiger partial charge in [0.15, 0.2) is 0 Å². The highest BCUT2D eigenvalue weighted by atomic mass is 16.7. The summed E-state index contributed by atoms with van der Waals surface area (Å²) in [7, 11) is 0. The zero-order valence-corrected chi connectivity index (χ0v) is 16.7. The summed E-state index contributed by atoms with van der Waals surface area (Å²) in [6.07, 6.45) is 8.14. The van der Waals surface area contributed by atoms with Crippen molar-refractivity contribution >= 4 is 5.91 Å². The Balaban J connectivity index is 1.31. The molecule has 7 heteroatoms. The maximum atomic E-state index is 11.9. The molecule has 0 aromatic carbocycles. The third-order valence-electron chi connectivity index (χ3n) is 7.02. The highest BCUT2D eigenvalue weighted by Crippen LogP contribution is 2.34. The number of nitrogens with zero attached hydrogens (tertiary/aromatic N) is 2. The van der Waals surface area contributed by atoms with Gasteiger partial charge in [-0.2, -0.15) is 5.48 Å². The molecule has 1 amide bonds. The van der Waals surface area contributed by atoms with Gasteiger partial charge in [0.25, 0.3) is 0 Å². The predicted molar refractivity (Wildman–Crippen MR) is 103 cm³/mol. The van der Waals surface area contributed by atoms with Gasteiger partial charge in [-0.1, -0.05) is 19.8 Å². The SMILES string of the molecule is CCC(=O)N1CCC(C2NOC(C3CCCCC3N3CCOCC3)N2)CC1. The van der Waals surface area contributed by atoms with Crippen molar-refractivity contribution in [1.29, 1.82) is 0 Å². The Kier molecular flexibility index (Phi) is 6.66. The molecular formula is C20H36N4O3. The number of ether oxygens (including phenoxy) is 1. The number of amides is 1. The molecule has 1 saturated carbocycles. The highest BCUT2D eigenvalue weighted by Gasteiger charge is 2.42. The number of likely N-dealkylation sites (tertiary alicyclic amines) is 1. The first kappa shape index (κ1) is 19.6. The van der Waals surface area contributed by atoms with E-state index >= 15 is 0 Å². The van der Waals surface area contributed by atoms with Gasteiger partial charge < -0.3 is 9.64 Å². The molecule has 7 nitrogen and oxygen atoms in total. The van der Waals surface area contributed by atoms with Gasteiger partial charge in [0.05, 0.1) is 19.4 Å². The summed E-state index contributed by atoms with van der Waals surface area (Å²) in [6.45, 7) is 7.52. The normalized spacial score (nSPS) is 36.9. The summed E-state index contributed by atoms with van der Waals surface area (Å²) in [5.41, 5.74) is 3.30. The third kappa shape index (κ3) is 4.48. The topological polar surface area (TPSA) is 66.1 Å². The number of rotatable bonds is 4. The standard InChI is InChI=1S/C20H36N4O3/c1-2-18(25)24-9-7-15(8-10-24)19-21-20(27-22-19)16-5-3-4-6-17(16)23-11-13-26-14-12-23/h15-17,19-22H,2-14H2,1H3. The monoisotopic (exact) mass is 380 g/mol. The van der Waals surface area contributed by atoms with Crippen LogP contribution in [0.5, 0.6) is 0 Å². The fourth-order valence-electron chi connectivity index (χ4n) is 5.40. The molecule has 1 aliphatic carbocycles. The van der Waals surface area contributed by atoms with Crippen molar-refractivity contribution in [3.63, 3.8) is 0 Å². The maximum absolute atomic E-state index is 11.9. The number of piperidine rings is 1. The van der Waals surface area contributed by atoms with Crippen LogP contribution >= 0.6 is 0 Å². The Morgan fingerprint density at radius 2 is 1.78 bits per heavy atom. The first-order chi connectivity index (χ1) is 13.3. The van der Waals surface area contributed by atoms with Crippen LogP contribution in [-0.4, -0.2) is 73.5 Å². The van der Waals surface area contributed by atoms with Crippen molar-refractivity contribution in [3.05, 3.63) is 0 Å². The van der Waals surface area contributed by atoms with E-state index in [-0.39, 0.29) is 18.3 Å². The molecule has 4 unspecified atom stereocenters. The Morgan fingerprint density at radius 3 is 2.52 bits per heavy atom. The molecule has 4 atom stereocenters. The number of hydrogen-bond donors (Lipinski definition) is 2. The van der Waals surface area contributed by atoms with Gasteiger partial charge in [-0.05, 0) is 31.6 Å². The zero-order valence-electron chi connectivity index (χ0n) is 16.7. The van der Waals surface area contributed by atoms with Crippen molar-refractivity contribution < 1.29 is 14.4 Å². The van der Waals surface area contributed by atoms with Crippen molar-refractivity contribution in [2.24, 2.45) is 11.8 Å². The summed E-state index contributed by atoms with van der Waals surface area (Å²) in [5, 5.41) is 3.76. The van der Waals surface area contributed by atoms with E-state index in [0.717, 1.165) is 52.2 Å². The average molecular weight is 381 g/mol. The summed E-state index contributed by atoms with van der Waals surface area (Å²) >= 11 is 0. The van der Waals surface area contributed by atoms with Crippen LogP contribution in [-0.2, 0) is 14.4 Å². The molecule has 154 valence electrons. The number of carbonyl (C=O) groups is 1. The number of hydrogen-bond acceptors (Lipinski definition) is 6. The van der Waals surface area contributed by atoms with Crippen LogP contribution in [0.1, 0.15) is 51.9 Å². The van der Waals surface area contributed by atoms with Gasteiger partial charge in [-0.3, -0.25) is 19.8 Å². The highest BCUT2D eigenvalue weighted by molar-refractivity contribution is 5.75. The Morgan fingerprint density at radius 1 is 1.04 bits per heavy atom. The largest absolute Gasteiger partial charge is 0.379 e. The van der Waals surface area contributed by atoms with E-state index in [9.17, 15) is 4.79 Å². The lowest BCUT2D eigenvalue weighted by atomic mass is 9.82. The van der Waals surface area contributed by atoms with Gasteiger partial charge in [0.2, 0.25) is 5.91 Å². The second-order valence-corrected chi connectivity index (χ2v) is 8.54. The van der Waals surface area contributed by atoms with Crippen molar-refractivity contribution in [3.8, 4) is 0 Å². The Bertz CT molecular complexity index is 492. The summed E-state index contributed by atoms with van der Waals surface area (Å²) in [6, 6.07) is 0.602. The minimum atomic E-state index is 0.0958. The molecule has 0 aromatic rings. The van der Waals surface area contributed by atoms with E-state index in [1.54, 1.807) is 0 Å². The van der Waals surface area contributed by atoms with Gasteiger partial charge in [0, 0.05) is 44.6 Å². The number of hydroxylamine groups is 1. The van der Waals surface area contributed by atoms with Crippen LogP contribution in [0.4, 0.5) is 0 Å². The fraction of sp³-hybridized carbons (Fsp3) is 0.950. The van der Waals surface area contributed by atoms with E-state index in [1.807, 2.05) is 11.8 Å². The molecular weight excluding hydrogens is 344 g/mol. The summed E-state index contributed by atoms with van der Waals surface area (Å²) in [4.78, 5) is 22.6. The molecule has 4 rings (SSSR count). The molecule has 3 heterocycles. The second kappa shape index (κ2) is 9.18. The lowest BCUT2D eigenvalue weighted by Crippen LogP contribution is -2.54. The second-order valence-electron chi connectivity index (χ2n) is 8.54. The first-order valence-corrected chi connectivity index (χ1v) is 11.0. The maximum Gasteiger partial charge on any atom is 0.222 e. The van der Waals surface area contributed by atoms with Crippen LogP contribution in [0.15, 0.2) is 0 Å². The van der Waals surface area contributed by atoms with E-state index in [0.29, 0.717) is 24.3 Å². The molecule has 0 aromatic heterocycles. The third-order valence-corrected chi connectivity index (χ3v) is 7.02. The van der Waals surface area contributed by atoms with E-state index in [4.69, 9.17) is 9.57 Å². The van der Waals surface area contributed by atoms with Crippen LogP contribution < -0.4 is 10.8 Å². The smallest absolute Gasteiger partial charge is 0.222 e. The minimum absolute atomic E-state index is 0.0958. The minimum Gasteiger partial charge on any atom is -0.379 e. The Hall–Kier alpha value is -0.730. The van der Waals surface area contributed by atoms with E-state index < -0.39 is 0 Å². The summed E-state index contributed by atoms with van der Waals surface area (Å²) in [5.74, 6) is 1.35. The van der Waals surface area contributed by atoms with E-state index in [2.05, 4.69) is 15.7 Å². The van der Waals surface area contributed by atoms with Gasteiger partial charge >= 0.3 is 0 Å². The first-order valence-electron chi connectivity index (χ1n) is 11.0. The molecule has 27 heavy (non-hydrogen) atoms. The predicted octanol–water partition coefficient (Wildman–Crippen LogP) is 1.30. The van der Waals surface area contributed by atoms with Crippen LogP contribution in [0.25, 0.3) is 0 Å². The molecule has 4 fully saturated rings. The van der Waals surface area contributed by atoms with E-state index in [1.165, 1.54) is 25.7 Å². The average Bonchev–Trinajstić information content (AvgIpc) is 3.24. The molecule has 3 saturated heterocycles. The molecule has 4 aliphatic rings. The van der Waals surface area contributed by atoms with Gasteiger partial charge in [-0.15, -0.1) is 0 Å². The quantitative estimate of drug-likeness (QED) is 0.767. The molecule has 3 aliphatic heterocycles. The zero-order chi connectivity index (χ0) is 18.6. The lowest BCUT2D eigenvalue weighted by molar-refractivity contribution is -0.132. The summed E-state index contributed by atoms with van der Waals surface area (Å²) < 4.78 is 5.55. The van der Waals surface area contributed by atoms with Crippen molar-refractivity contribution in [1.82, 2.24) is 20.6 Å². The van der Waals surface area contributed by atoms with Gasteiger partial charge in [0.1, 0.15) is 6.23 Å². The van der Waals surface area contributed by atoms with Crippen LogP contribution in [0.3, 0.4) is 0 Å². The molecule has 0 spiro atoms. The number of carbonyl (C=O) groups excluding carboxylic acids is 1.